The Bertz CT molecular complexity index is 732. The van der Waals surface area contributed by atoms with Crippen molar-refractivity contribution in [2.45, 2.75) is 25.9 Å². The highest BCUT2D eigenvalue weighted by Gasteiger charge is 2.19. The number of piperazine rings is 1. The minimum Gasteiger partial charge on any atom is -0.369 e. The van der Waals surface area contributed by atoms with Crippen LogP contribution in [0.1, 0.15) is 35.8 Å². The van der Waals surface area contributed by atoms with Gasteiger partial charge in [0.1, 0.15) is 0 Å². The molecule has 1 amide bonds. The molecule has 3 rings (SSSR count). The van der Waals surface area contributed by atoms with Crippen LogP contribution < -0.4 is 16.0 Å². The number of carbonyl (C=O) groups is 1. The summed E-state index contributed by atoms with van der Waals surface area (Å²) in [6.45, 7) is 9.11. The molecule has 2 aromatic carbocycles. The van der Waals surface area contributed by atoms with Crippen molar-refractivity contribution >= 4 is 36.4 Å². The summed E-state index contributed by atoms with van der Waals surface area (Å²) in [6.07, 6.45) is 0. The van der Waals surface area contributed by atoms with E-state index in [0.717, 1.165) is 31.7 Å². The highest BCUT2D eigenvalue weighted by Crippen LogP contribution is 2.18. The zero-order valence-corrected chi connectivity index (χ0v) is 18.7. The Labute approximate surface area is 186 Å². The van der Waals surface area contributed by atoms with Crippen molar-refractivity contribution in [1.29, 1.82) is 0 Å². The molecule has 0 bridgehead atoms. The van der Waals surface area contributed by atoms with Crippen molar-refractivity contribution in [2.75, 3.05) is 37.6 Å². The molecule has 1 unspecified atom stereocenters. The van der Waals surface area contributed by atoms with Gasteiger partial charge >= 0.3 is 0 Å². The molecule has 2 aromatic rings. The van der Waals surface area contributed by atoms with Gasteiger partial charge < -0.3 is 16.0 Å². The number of amides is 1. The second-order valence-corrected chi connectivity index (χ2v) is 7.39. The Morgan fingerprint density at radius 1 is 0.966 bits per heavy atom. The number of anilines is 1. The van der Waals surface area contributed by atoms with Gasteiger partial charge in [-0.15, -0.1) is 24.8 Å². The molecule has 0 aromatic heterocycles. The third-order valence-corrected chi connectivity index (χ3v) is 5.25. The van der Waals surface area contributed by atoms with Gasteiger partial charge in [-0.2, -0.15) is 0 Å². The number of nitrogens with two attached hydrogens (primary N) is 1. The van der Waals surface area contributed by atoms with Crippen molar-refractivity contribution in [3.63, 3.8) is 0 Å². The SMILES string of the molecule is CC(C)N1CCN(c2ccc(C(=O)NCC(N)c3ccccc3)cc2)CC1.Cl.Cl. The number of carbonyl (C=O) groups excluding carboxylic acids is 1. The molecule has 1 atom stereocenters. The van der Waals surface area contributed by atoms with E-state index in [1.165, 1.54) is 5.69 Å². The molecular formula is C22H32Cl2N4O. The lowest BCUT2D eigenvalue weighted by atomic mass is 10.1. The van der Waals surface area contributed by atoms with Crippen LogP contribution >= 0.6 is 24.8 Å². The molecule has 1 aliphatic heterocycles. The molecule has 1 aliphatic rings. The second-order valence-electron chi connectivity index (χ2n) is 7.39. The van der Waals surface area contributed by atoms with E-state index >= 15 is 0 Å². The molecule has 0 spiro atoms. The van der Waals surface area contributed by atoms with E-state index in [1.54, 1.807) is 0 Å². The average Bonchev–Trinajstić information content (AvgIpc) is 2.72. The van der Waals surface area contributed by atoms with Crippen molar-refractivity contribution in [2.24, 2.45) is 5.73 Å². The third kappa shape index (κ3) is 6.89. The quantitative estimate of drug-likeness (QED) is 0.724. The van der Waals surface area contributed by atoms with Crippen LogP contribution in [0.25, 0.3) is 0 Å². The Morgan fingerprint density at radius 3 is 2.10 bits per heavy atom. The van der Waals surface area contributed by atoms with Gasteiger partial charge in [0.15, 0.2) is 0 Å². The van der Waals surface area contributed by atoms with E-state index < -0.39 is 0 Å². The smallest absolute Gasteiger partial charge is 0.251 e. The number of rotatable bonds is 6. The number of halogens is 2. The fourth-order valence-electron chi connectivity index (χ4n) is 3.44. The van der Waals surface area contributed by atoms with Gasteiger partial charge in [-0.05, 0) is 43.7 Å². The highest BCUT2D eigenvalue weighted by molar-refractivity contribution is 5.94. The van der Waals surface area contributed by atoms with Crippen molar-refractivity contribution in [3.05, 3.63) is 65.7 Å². The van der Waals surface area contributed by atoms with Gasteiger partial charge in [0.05, 0.1) is 0 Å². The molecular weight excluding hydrogens is 407 g/mol. The molecule has 5 nitrogen and oxygen atoms in total. The van der Waals surface area contributed by atoms with Crippen molar-refractivity contribution < 1.29 is 4.79 Å². The Balaban J connectivity index is 0.00000210. The molecule has 29 heavy (non-hydrogen) atoms. The summed E-state index contributed by atoms with van der Waals surface area (Å²) in [5.41, 5.74) is 9.02. The summed E-state index contributed by atoms with van der Waals surface area (Å²) < 4.78 is 0. The molecule has 0 aliphatic carbocycles. The summed E-state index contributed by atoms with van der Waals surface area (Å²) in [6, 6.07) is 18.1. The molecule has 160 valence electrons. The number of benzene rings is 2. The highest BCUT2D eigenvalue weighted by atomic mass is 35.5. The maximum atomic E-state index is 12.4. The number of hydrogen-bond acceptors (Lipinski definition) is 4. The molecule has 1 saturated heterocycles. The van der Waals surface area contributed by atoms with Crippen LogP contribution in [0.3, 0.4) is 0 Å². The summed E-state index contributed by atoms with van der Waals surface area (Å²) in [5, 5.41) is 2.93. The first-order valence-corrected chi connectivity index (χ1v) is 9.72. The van der Waals surface area contributed by atoms with E-state index in [0.29, 0.717) is 18.2 Å². The van der Waals surface area contributed by atoms with Crippen LogP contribution in [0.15, 0.2) is 54.6 Å². The van der Waals surface area contributed by atoms with Crippen LogP contribution in [-0.4, -0.2) is 49.6 Å². The lowest BCUT2D eigenvalue weighted by Crippen LogP contribution is -2.48. The van der Waals surface area contributed by atoms with Crippen LogP contribution in [0.5, 0.6) is 0 Å². The predicted molar refractivity (Wildman–Crippen MR) is 126 cm³/mol. The monoisotopic (exact) mass is 438 g/mol. The van der Waals surface area contributed by atoms with Crippen LogP contribution in [0.2, 0.25) is 0 Å². The summed E-state index contributed by atoms with van der Waals surface area (Å²) in [5.74, 6) is -0.0856. The zero-order chi connectivity index (χ0) is 19.2. The standard InChI is InChI=1S/C22H30N4O.2ClH/c1-17(2)25-12-14-26(15-13-25)20-10-8-19(9-11-20)22(27)24-16-21(23)18-6-4-3-5-7-18;;/h3-11,17,21H,12-16,23H2,1-2H3,(H,24,27);2*1H. The lowest BCUT2D eigenvalue weighted by Gasteiger charge is -2.38. The zero-order valence-electron chi connectivity index (χ0n) is 17.1. The van der Waals surface area contributed by atoms with Crippen molar-refractivity contribution in [1.82, 2.24) is 10.2 Å². The fraction of sp³-hybridized carbons (Fsp3) is 0.409. The van der Waals surface area contributed by atoms with Gasteiger partial charge in [-0.3, -0.25) is 9.69 Å². The summed E-state index contributed by atoms with van der Waals surface area (Å²) in [7, 11) is 0. The average molecular weight is 439 g/mol. The molecule has 0 radical (unpaired) electrons. The molecule has 3 N–H and O–H groups in total. The lowest BCUT2D eigenvalue weighted by molar-refractivity contribution is 0.0951. The van der Waals surface area contributed by atoms with Gasteiger partial charge in [-0.25, -0.2) is 0 Å². The first-order chi connectivity index (χ1) is 13.0. The number of nitrogens with zero attached hydrogens (tertiary/aromatic N) is 2. The summed E-state index contributed by atoms with van der Waals surface area (Å²) >= 11 is 0. The van der Waals surface area contributed by atoms with E-state index in [2.05, 4.69) is 29.0 Å². The Kier molecular flexibility index (Phi) is 10.5. The number of nitrogens with one attached hydrogen (secondary N) is 1. The van der Waals surface area contributed by atoms with Gasteiger partial charge in [0.2, 0.25) is 0 Å². The third-order valence-electron chi connectivity index (χ3n) is 5.25. The van der Waals surface area contributed by atoms with Gasteiger partial charge in [0, 0.05) is 56.1 Å². The minimum absolute atomic E-state index is 0. The fourth-order valence-corrected chi connectivity index (χ4v) is 3.44. The number of hydrogen-bond donors (Lipinski definition) is 2. The molecule has 1 fully saturated rings. The van der Waals surface area contributed by atoms with Gasteiger partial charge in [0.25, 0.3) is 5.91 Å². The van der Waals surface area contributed by atoms with Crippen LogP contribution in [0, 0.1) is 0 Å². The van der Waals surface area contributed by atoms with Crippen LogP contribution in [-0.2, 0) is 0 Å². The van der Waals surface area contributed by atoms with E-state index in [4.69, 9.17) is 5.73 Å². The van der Waals surface area contributed by atoms with Gasteiger partial charge in [-0.1, -0.05) is 30.3 Å². The van der Waals surface area contributed by atoms with E-state index in [1.807, 2.05) is 54.6 Å². The first kappa shape index (κ1) is 25.2. The Morgan fingerprint density at radius 2 is 1.55 bits per heavy atom. The van der Waals surface area contributed by atoms with Crippen LogP contribution in [0.4, 0.5) is 5.69 Å². The first-order valence-electron chi connectivity index (χ1n) is 9.72. The second kappa shape index (κ2) is 12.0. The summed E-state index contributed by atoms with van der Waals surface area (Å²) in [4.78, 5) is 17.3. The molecule has 7 heteroatoms. The maximum Gasteiger partial charge on any atom is 0.251 e. The minimum atomic E-state index is -0.202. The van der Waals surface area contributed by atoms with Crippen molar-refractivity contribution in [3.8, 4) is 0 Å². The normalized spacial score (nSPS) is 15.2. The predicted octanol–water partition coefficient (Wildman–Crippen LogP) is 3.49. The van der Waals surface area contributed by atoms with E-state index in [-0.39, 0.29) is 36.8 Å². The molecule has 0 saturated carbocycles. The van der Waals surface area contributed by atoms with E-state index in [9.17, 15) is 4.79 Å². The topological polar surface area (TPSA) is 61.6 Å². The Hall–Kier alpha value is -1.79. The maximum absolute atomic E-state index is 12.4. The largest absolute Gasteiger partial charge is 0.369 e. The molecule has 1 heterocycles.